The molecule has 3 N–H and O–H groups in total. The van der Waals surface area contributed by atoms with Crippen molar-refractivity contribution in [2.75, 3.05) is 11.9 Å². The zero-order valence-corrected chi connectivity index (χ0v) is 13.8. The Morgan fingerprint density at radius 1 is 1.22 bits per heavy atom. The molecule has 23 heavy (non-hydrogen) atoms. The number of halogens is 1. The highest BCUT2D eigenvalue weighted by Crippen LogP contribution is 2.24. The van der Waals surface area contributed by atoms with E-state index in [2.05, 4.69) is 5.32 Å². The van der Waals surface area contributed by atoms with Gasteiger partial charge in [0, 0.05) is 10.7 Å². The number of nitrogens with one attached hydrogen (secondary N) is 1. The summed E-state index contributed by atoms with van der Waals surface area (Å²) in [7, 11) is -3.97. The second kappa shape index (κ2) is 6.99. The Morgan fingerprint density at radius 3 is 2.43 bits per heavy atom. The molecule has 2 aromatic carbocycles. The Balaban J connectivity index is 2.18. The number of carbonyl (C=O) groups is 1. The first-order chi connectivity index (χ1) is 10.8. The number of carbonyl (C=O) groups excluding carboxylic acids is 1. The lowest BCUT2D eigenvalue weighted by Crippen LogP contribution is -2.21. The van der Waals surface area contributed by atoms with Crippen LogP contribution in [0.2, 0.25) is 5.02 Å². The van der Waals surface area contributed by atoms with Crippen molar-refractivity contribution in [3.05, 3.63) is 53.1 Å². The van der Waals surface area contributed by atoms with Gasteiger partial charge in [-0.1, -0.05) is 11.6 Å². The number of rotatable bonds is 5. The van der Waals surface area contributed by atoms with E-state index >= 15 is 0 Å². The average Bonchev–Trinajstić information content (AvgIpc) is 2.51. The first kappa shape index (κ1) is 17.3. The first-order valence-corrected chi connectivity index (χ1v) is 8.41. The van der Waals surface area contributed by atoms with Gasteiger partial charge in [0.15, 0.2) is 0 Å². The predicted molar refractivity (Wildman–Crippen MR) is 88.1 cm³/mol. The minimum Gasteiger partial charge on any atom is -0.379 e. The quantitative estimate of drug-likeness (QED) is 0.803. The highest BCUT2D eigenvalue weighted by Gasteiger charge is 2.17. The zero-order chi connectivity index (χ0) is 17.0. The lowest BCUT2D eigenvalue weighted by atomic mass is 10.2. The summed E-state index contributed by atoms with van der Waals surface area (Å²) in [5.41, 5.74) is 6.34. The number of anilines is 1. The summed E-state index contributed by atoms with van der Waals surface area (Å²) in [5, 5.41) is 3.04. The van der Waals surface area contributed by atoms with Crippen LogP contribution in [-0.2, 0) is 14.9 Å². The summed E-state index contributed by atoms with van der Waals surface area (Å²) in [6, 6.07) is 10.2. The Labute approximate surface area is 139 Å². The van der Waals surface area contributed by atoms with Crippen LogP contribution in [0.4, 0.5) is 5.69 Å². The Kier molecular flexibility index (Phi) is 5.25. The maximum Gasteiger partial charge on any atom is 0.339 e. The van der Waals surface area contributed by atoms with Gasteiger partial charge in [-0.3, -0.25) is 4.79 Å². The number of aryl methyl sites for hydroxylation is 1. The molecule has 122 valence electrons. The third-order valence-electron chi connectivity index (χ3n) is 2.95. The maximum atomic E-state index is 12.2. The Bertz CT molecular complexity index is 820. The first-order valence-electron chi connectivity index (χ1n) is 6.62. The molecule has 0 atom stereocenters. The molecule has 0 aliphatic rings. The van der Waals surface area contributed by atoms with E-state index in [9.17, 15) is 13.2 Å². The van der Waals surface area contributed by atoms with Crippen LogP contribution >= 0.6 is 11.6 Å². The van der Waals surface area contributed by atoms with Crippen LogP contribution in [0.3, 0.4) is 0 Å². The minimum atomic E-state index is -3.97. The van der Waals surface area contributed by atoms with E-state index in [0.717, 1.165) is 0 Å². The van der Waals surface area contributed by atoms with E-state index in [1.54, 1.807) is 13.0 Å². The van der Waals surface area contributed by atoms with Crippen LogP contribution in [0.5, 0.6) is 5.75 Å². The molecule has 0 fully saturated rings. The molecule has 0 aliphatic heterocycles. The molecule has 2 rings (SSSR count). The van der Waals surface area contributed by atoms with Crippen LogP contribution in [0.1, 0.15) is 5.56 Å². The lowest BCUT2D eigenvalue weighted by Gasteiger charge is -2.09. The molecule has 0 spiro atoms. The largest absolute Gasteiger partial charge is 0.379 e. The van der Waals surface area contributed by atoms with E-state index in [1.165, 1.54) is 36.4 Å². The molecule has 0 aromatic heterocycles. The van der Waals surface area contributed by atoms with E-state index in [-0.39, 0.29) is 23.1 Å². The van der Waals surface area contributed by atoms with Gasteiger partial charge in [0.25, 0.3) is 0 Å². The Morgan fingerprint density at radius 2 is 1.87 bits per heavy atom. The molecular weight excluding hydrogens is 340 g/mol. The molecule has 6 nitrogen and oxygen atoms in total. The fourth-order valence-electron chi connectivity index (χ4n) is 1.76. The monoisotopic (exact) mass is 354 g/mol. The smallest absolute Gasteiger partial charge is 0.339 e. The second-order valence-corrected chi connectivity index (χ2v) is 6.68. The van der Waals surface area contributed by atoms with Crippen LogP contribution < -0.4 is 15.2 Å². The zero-order valence-electron chi connectivity index (χ0n) is 12.2. The van der Waals surface area contributed by atoms with Gasteiger partial charge in [-0.15, -0.1) is 0 Å². The van der Waals surface area contributed by atoms with Crippen LogP contribution in [0.25, 0.3) is 0 Å². The standard InChI is InChI=1S/C15H15ClN2O4S/c1-10-8-12(4-7-14(10)16)22-23(20,21)13-5-2-11(3-6-13)18-15(19)9-17/h2-8H,9,17H2,1H3,(H,18,19). The summed E-state index contributed by atoms with van der Waals surface area (Å²) in [6.45, 7) is 1.59. The molecule has 0 saturated heterocycles. The normalized spacial score (nSPS) is 11.1. The van der Waals surface area contributed by atoms with Gasteiger partial charge < -0.3 is 15.2 Å². The summed E-state index contributed by atoms with van der Waals surface area (Å²) in [4.78, 5) is 11.1. The van der Waals surface area contributed by atoms with Crippen molar-refractivity contribution in [3.8, 4) is 5.75 Å². The number of hydrogen-bond donors (Lipinski definition) is 2. The summed E-state index contributed by atoms with van der Waals surface area (Å²) in [5.74, 6) is -0.194. The van der Waals surface area contributed by atoms with Crippen LogP contribution in [0.15, 0.2) is 47.4 Å². The number of nitrogens with two attached hydrogens (primary N) is 1. The van der Waals surface area contributed by atoms with Gasteiger partial charge in [-0.05, 0) is 55.0 Å². The molecule has 2 aromatic rings. The van der Waals surface area contributed by atoms with Gasteiger partial charge in [-0.25, -0.2) is 0 Å². The molecule has 0 bridgehead atoms. The molecule has 0 saturated carbocycles. The van der Waals surface area contributed by atoms with Crippen molar-refractivity contribution < 1.29 is 17.4 Å². The fraction of sp³-hybridized carbons (Fsp3) is 0.133. The maximum absolute atomic E-state index is 12.2. The van der Waals surface area contributed by atoms with E-state index in [4.69, 9.17) is 21.5 Å². The SMILES string of the molecule is Cc1cc(OS(=O)(=O)c2ccc(NC(=O)CN)cc2)ccc1Cl. The van der Waals surface area contributed by atoms with Crippen molar-refractivity contribution in [2.24, 2.45) is 5.73 Å². The molecule has 1 amide bonds. The summed E-state index contributed by atoms with van der Waals surface area (Å²) in [6.07, 6.45) is 0. The molecule has 8 heteroatoms. The lowest BCUT2D eigenvalue weighted by molar-refractivity contribution is -0.114. The van der Waals surface area contributed by atoms with E-state index in [1.807, 2.05) is 0 Å². The van der Waals surface area contributed by atoms with Crippen molar-refractivity contribution >= 4 is 33.3 Å². The third-order valence-corrected chi connectivity index (χ3v) is 4.63. The highest BCUT2D eigenvalue weighted by atomic mass is 35.5. The van der Waals surface area contributed by atoms with Crippen molar-refractivity contribution in [3.63, 3.8) is 0 Å². The van der Waals surface area contributed by atoms with Gasteiger partial charge in [0.05, 0.1) is 6.54 Å². The highest BCUT2D eigenvalue weighted by molar-refractivity contribution is 7.87. The number of benzene rings is 2. The predicted octanol–water partition coefficient (Wildman–Crippen LogP) is 2.31. The van der Waals surface area contributed by atoms with Crippen molar-refractivity contribution in [1.82, 2.24) is 0 Å². The van der Waals surface area contributed by atoms with E-state index in [0.29, 0.717) is 16.3 Å². The van der Waals surface area contributed by atoms with Gasteiger partial charge in [-0.2, -0.15) is 8.42 Å². The van der Waals surface area contributed by atoms with Crippen LogP contribution in [-0.4, -0.2) is 20.9 Å². The van der Waals surface area contributed by atoms with Crippen molar-refractivity contribution in [2.45, 2.75) is 11.8 Å². The van der Waals surface area contributed by atoms with E-state index < -0.39 is 10.1 Å². The molecular formula is C15H15ClN2O4S. The number of hydrogen-bond acceptors (Lipinski definition) is 5. The van der Waals surface area contributed by atoms with Gasteiger partial charge in [0.1, 0.15) is 10.6 Å². The fourth-order valence-corrected chi connectivity index (χ4v) is 2.80. The minimum absolute atomic E-state index is 0.0316. The average molecular weight is 355 g/mol. The van der Waals surface area contributed by atoms with Gasteiger partial charge >= 0.3 is 10.1 Å². The molecule has 0 aliphatic carbocycles. The topological polar surface area (TPSA) is 98.5 Å². The second-order valence-electron chi connectivity index (χ2n) is 4.73. The molecule has 0 heterocycles. The van der Waals surface area contributed by atoms with Gasteiger partial charge in [0.2, 0.25) is 5.91 Å². The van der Waals surface area contributed by atoms with Crippen LogP contribution in [0, 0.1) is 6.92 Å². The third kappa shape index (κ3) is 4.44. The summed E-state index contributed by atoms with van der Waals surface area (Å²) >= 11 is 5.89. The number of amides is 1. The summed E-state index contributed by atoms with van der Waals surface area (Å²) < 4.78 is 29.5. The Hall–Kier alpha value is -2.09. The molecule has 0 radical (unpaired) electrons. The van der Waals surface area contributed by atoms with Crippen molar-refractivity contribution in [1.29, 1.82) is 0 Å². The molecule has 0 unspecified atom stereocenters.